The minimum absolute atomic E-state index is 0.179. The van der Waals surface area contributed by atoms with Crippen molar-refractivity contribution in [1.29, 1.82) is 0 Å². The van der Waals surface area contributed by atoms with E-state index in [0.717, 1.165) is 30.2 Å². The summed E-state index contributed by atoms with van der Waals surface area (Å²) in [6.07, 6.45) is 3.15. The molecule has 1 aromatic rings. The van der Waals surface area contributed by atoms with Crippen LogP contribution in [0.5, 0.6) is 5.75 Å². The van der Waals surface area contributed by atoms with Crippen molar-refractivity contribution in [2.75, 3.05) is 5.33 Å². The number of rotatable bonds is 4. The first kappa shape index (κ1) is 10.9. The Balaban J connectivity index is 2.61. The van der Waals surface area contributed by atoms with Gasteiger partial charge in [0.05, 0.1) is 5.02 Å². The van der Waals surface area contributed by atoms with Crippen LogP contribution in [-0.4, -0.2) is 10.4 Å². The molecule has 0 aromatic heterocycles. The molecule has 72 valence electrons. The van der Waals surface area contributed by atoms with Crippen LogP contribution in [0.15, 0.2) is 18.2 Å². The van der Waals surface area contributed by atoms with Crippen LogP contribution in [0.4, 0.5) is 0 Å². The number of phenolic OH excluding ortho intramolecular Hbond substituents is 1. The highest BCUT2D eigenvalue weighted by molar-refractivity contribution is 9.09. The van der Waals surface area contributed by atoms with E-state index >= 15 is 0 Å². The summed E-state index contributed by atoms with van der Waals surface area (Å²) >= 11 is 9.28. The number of aryl methyl sites for hydroxylation is 1. The minimum Gasteiger partial charge on any atom is -0.506 e. The second-order valence-corrected chi connectivity index (χ2v) is 4.07. The van der Waals surface area contributed by atoms with E-state index in [1.165, 1.54) is 0 Å². The summed E-state index contributed by atoms with van der Waals surface area (Å²) in [7, 11) is 0. The van der Waals surface area contributed by atoms with E-state index in [4.69, 9.17) is 11.6 Å². The molecule has 0 saturated carbocycles. The monoisotopic (exact) mass is 262 g/mol. The summed E-state index contributed by atoms with van der Waals surface area (Å²) in [6, 6.07) is 5.39. The Bertz CT molecular complexity index is 276. The average molecular weight is 264 g/mol. The fourth-order valence-corrected chi connectivity index (χ4v) is 1.79. The van der Waals surface area contributed by atoms with Crippen molar-refractivity contribution in [2.45, 2.75) is 19.3 Å². The summed E-state index contributed by atoms with van der Waals surface area (Å²) in [4.78, 5) is 0. The van der Waals surface area contributed by atoms with E-state index in [1.54, 1.807) is 6.07 Å². The third-order valence-electron chi connectivity index (χ3n) is 1.89. The topological polar surface area (TPSA) is 20.2 Å². The van der Waals surface area contributed by atoms with Crippen LogP contribution >= 0.6 is 27.5 Å². The molecule has 1 N–H and O–H groups in total. The van der Waals surface area contributed by atoms with E-state index in [9.17, 15) is 5.11 Å². The molecule has 1 rings (SSSR count). The Morgan fingerprint density at radius 2 is 2.08 bits per heavy atom. The van der Waals surface area contributed by atoms with Crippen molar-refractivity contribution >= 4 is 27.5 Å². The molecule has 0 aliphatic carbocycles. The first-order valence-electron chi connectivity index (χ1n) is 4.28. The van der Waals surface area contributed by atoms with Gasteiger partial charge in [-0.3, -0.25) is 0 Å². The molecular formula is C10H12BrClO. The molecule has 0 fully saturated rings. The molecule has 1 nitrogen and oxygen atoms in total. The quantitative estimate of drug-likeness (QED) is 0.648. The van der Waals surface area contributed by atoms with Crippen molar-refractivity contribution in [2.24, 2.45) is 0 Å². The largest absolute Gasteiger partial charge is 0.506 e. The van der Waals surface area contributed by atoms with Gasteiger partial charge in [0.1, 0.15) is 5.75 Å². The molecule has 13 heavy (non-hydrogen) atoms. The van der Waals surface area contributed by atoms with Gasteiger partial charge < -0.3 is 5.11 Å². The third kappa shape index (κ3) is 3.20. The molecule has 0 saturated heterocycles. The van der Waals surface area contributed by atoms with Crippen LogP contribution in [0.25, 0.3) is 0 Å². The Morgan fingerprint density at radius 3 is 2.77 bits per heavy atom. The summed E-state index contributed by atoms with van der Waals surface area (Å²) in [5.41, 5.74) is 1.03. The predicted octanol–water partition coefficient (Wildman–Crippen LogP) is 3.76. The lowest BCUT2D eigenvalue weighted by Gasteiger charge is -2.04. The highest BCUT2D eigenvalue weighted by Gasteiger charge is 2.03. The second-order valence-electron chi connectivity index (χ2n) is 2.90. The summed E-state index contributed by atoms with van der Waals surface area (Å²) in [6.45, 7) is 0. The van der Waals surface area contributed by atoms with Crippen LogP contribution in [0.3, 0.4) is 0 Å². The summed E-state index contributed by atoms with van der Waals surface area (Å²) in [5, 5.41) is 10.8. The Labute approximate surface area is 91.9 Å². The number of hydrogen-bond donors (Lipinski definition) is 1. The van der Waals surface area contributed by atoms with E-state index in [2.05, 4.69) is 15.9 Å². The minimum atomic E-state index is 0.179. The molecule has 0 radical (unpaired) electrons. The van der Waals surface area contributed by atoms with Crippen molar-refractivity contribution < 1.29 is 5.11 Å². The van der Waals surface area contributed by atoms with E-state index in [-0.39, 0.29) is 5.75 Å². The lowest BCUT2D eigenvalue weighted by atomic mass is 10.1. The molecule has 0 unspecified atom stereocenters. The van der Waals surface area contributed by atoms with Gasteiger partial charge in [0, 0.05) is 5.33 Å². The van der Waals surface area contributed by atoms with Crippen LogP contribution in [0, 0.1) is 0 Å². The van der Waals surface area contributed by atoms with Gasteiger partial charge in [0.15, 0.2) is 0 Å². The molecule has 1 aromatic carbocycles. The number of hydrogen-bond acceptors (Lipinski definition) is 1. The second kappa shape index (κ2) is 5.51. The van der Waals surface area contributed by atoms with E-state index in [1.807, 2.05) is 12.1 Å². The lowest BCUT2D eigenvalue weighted by Crippen LogP contribution is -1.87. The van der Waals surface area contributed by atoms with Crippen LogP contribution in [0.1, 0.15) is 18.4 Å². The standard InChI is InChI=1S/C10H12BrClO/c11-7-2-1-4-8-5-3-6-9(13)10(8)12/h3,5-6,13H,1-2,4,7H2. The first-order valence-corrected chi connectivity index (χ1v) is 5.78. The molecule has 0 atom stereocenters. The zero-order chi connectivity index (χ0) is 9.68. The number of alkyl halides is 1. The summed E-state index contributed by atoms with van der Waals surface area (Å²) in [5.74, 6) is 0.179. The van der Waals surface area contributed by atoms with Gasteiger partial charge in [-0.15, -0.1) is 0 Å². The zero-order valence-corrected chi connectivity index (χ0v) is 9.61. The highest BCUT2D eigenvalue weighted by Crippen LogP contribution is 2.27. The normalized spacial score (nSPS) is 10.3. The smallest absolute Gasteiger partial charge is 0.134 e. The molecule has 0 spiro atoms. The maximum absolute atomic E-state index is 9.32. The summed E-state index contributed by atoms with van der Waals surface area (Å²) < 4.78 is 0. The number of benzene rings is 1. The predicted molar refractivity (Wildman–Crippen MR) is 59.8 cm³/mol. The number of aromatic hydroxyl groups is 1. The Morgan fingerprint density at radius 1 is 1.31 bits per heavy atom. The van der Waals surface area contributed by atoms with Gasteiger partial charge in [0.2, 0.25) is 0 Å². The fraction of sp³-hybridized carbons (Fsp3) is 0.400. The van der Waals surface area contributed by atoms with Gasteiger partial charge in [-0.1, -0.05) is 39.7 Å². The molecule has 0 bridgehead atoms. The first-order chi connectivity index (χ1) is 6.25. The molecule has 0 aliphatic heterocycles. The highest BCUT2D eigenvalue weighted by atomic mass is 79.9. The maximum Gasteiger partial charge on any atom is 0.134 e. The van der Waals surface area contributed by atoms with E-state index in [0.29, 0.717) is 5.02 Å². The Kier molecular flexibility index (Phi) is 4.60. The fourth-order valence-electron chi connectivity index (χ4n) is 1.17. The van der Waals surface area contributed by atoms with Crippen LogP contribution < -0.4 is 0 Å². The van der Waals surface area contributed by atoms with Gasteiger partial charge in [-0.25, -0.2) is 0 Å². The Hall–Kier alpha value is -0.210. The third-order valence-corrected chi connectivity index (χ3v) is 2.89. The van der Waals surface area contributed by atoms with Crippen molar-refractivity contribution in [3.05, 3.63) is 28.8 Å². The van der Waals surface area contributed by atoms with Gasteiger partial charge >= 0.3 is 0 Å². The molecule has 0 aliphatic rings. The van der Waals surface area contributed by atoms with Crippen molar-refractivity contribution in [3.8, 4) is 5.75 Å². The molecule has 0 heterocycles. The van der Waals surface area contributed by atoms with Crippen molar-refractivity contribution in [1.82, 2.24) is 0 Å². The SMILES string of the molecule is Oc1cccc(CCCCBr)c1Cl. The van der Waals surface area contributed by atoms with Crippen LogP contribution in [-0.2, 0) is 6.42 Å². The molecular weight excluding hydrogens is 251 g/mol. The number of phenols is 1. The van der Waals surface area contributed by atoms with Gasteiger partial charge in [-0.05, 0) is 30.9 Å². The van der Waals surface area contributed by atoms with Crippen LogP contribution in [0.2, 0.25) is 5.02 Å². The van der Waals surface area contributed by atoms with Crippen molar-refractivity contribution in [3.63, 3.8) is 0 Å². The van der Waals surface area contributed by atoms with Gasteiger partial charge in [-0.2, -0.15) is 0 Å². The molecule has 3 heteroatoms. The zero-order valence-electron chi connectivity index (χ0n) is 7.26. The number of halogens is 2. The van der Waals surface area contributed by atoms with E-state index < -0.39 is 0 Å². The maximum atomic E-state index is 9.32. The average Bonchev–Trinajstić information content (AvgIpc) is 2.13. The molecule has 0 amide bonds. The number of unbranched alkanes of at least 4 members (excludes halogenated alkanes) is 1. The lowest BCUT2D eigenvalue weighted by molar-refractivity contribution is 0.474. The van der Waals surface area contributed by atoms with Gasteiger partial charge in [0.25, 0.3) is 0 Å².